The van der Waals surface area contributed by atoms with Crippen molar-refractivity contribution in [3.8, 4) is 0 Å². The van der Waals surface area contributed by atoms with Crippen molar-refractivity contribution in [3.05, 3.63) is 40.2 Å². The Morgan fingerprint density at radius 2 is 2.05 bits per heavy atom. The monoisotopic (exact) mass is 330 g/mol. The van der Waals surface area contributed by atoms with Crippen LogP contribution in [0.5, 0.6) is 0 Å². The van der Waals surface area contributed by atoms with Gasteiger partial charge in [0, 0.05) is 35.9 Å². The lowest BCUT2D eigenvalue weighted by Gasteiger charge is -2.51. The van der Waals surface area contributed by atoms with E-state index in [0.29, 0.717) is 0 Å². The molecule has 1 radical (unpaired) electrons. The zero-order valence-electron chi connectivity index (χ0n) is 11.3. The molecule has 105 valence electrons. The summed E-state index contributed by atoms with van der Waals surface area (Å²) in [7, 11) is 0. The molecule has 0 aliphatic carbocycles. The van der Waals surface area contributed by atoms with Gasteiger partial charge in [0.25, 0.3) is 0 Å². The lowest BCUT2D eigenvalue weighted by atomic mass is 9.71. The second-order valence-electron chi connectivity index (χ2n) is 5.74. The van der Waals surface area contributed by atoms with Gasteiger partial charge < -0.3 is 4.90 Å². The first kappa shape index (κ1) is 14.9. The van der Waals surface area contributed by atoms with E-state index in [0.717, 1.165) is 29.7 Å². The number of hydrogen-bond donors (Lipinski definition) is 0. The molecule has 0 unspecified atom stereocenters. The van der Waals surface area contributed by atoms with Gasteiger partial charge in [-0.05, 0) is 23.6 Å². The lowest BCUT2D eigenvalue weighted by molar-refractivity contribution is 0.0107. The normalized spacial score (nSPS) is 18.9. The van der Waals surface area contributed by atoms with E-state index in [1.54, 1.807) is 0 Å². The lowest BCUT2D eigenvalue weighted by Crippen LogP contribution is -2.60. The highest BCUT2D eigenvalue weighted by Gasteiger charge is 2.46. The molecule has 0 bridgehead atoms. The van der Waals surface area contributed by atoms with Gasteiger partial charge in [-0.3, -0.25) is 0 Å². The topological polar surface area (TPSA) is 3.24 Å². The molecule has 19 heavy (non-hydrogen) atoms. The number of likely N-dealkylation sites (tertiary alicyclic amines) is 1. The first-order valence-electron chi connectivity index (χ1n) is 6.47. The zero-order chi connectivity index (χ0) is 14.0. The third kappa shape index (κ3) is 3.54. The summed E-state index contributed by atoms with van der Waals surface area (Å²) in [5, 5.41) is 0. The molecule has 0 saturated carbocycles. The highest BCUT2D eigenvalue weighted by Crippen LogP contribution is 2.40. The summed E-state index contributed by atoms with van der Waals surface area (Å²) in [6, 6.07) is 7.79. The molecule has 1 aromatic carbocycles. The number of rotatable bonds is 5. The Balaban J connectivity index is 2.14. The average Bonchev–Trinajstić information content (AvgIpc) is 2.24. The van der Waals surface area contributed by atoms with E-state index in [1.165, 1.54) is 5.92 Å². The molecule has 0 aromatic heterocycles. The van der Waals surface area contributed by atoms with Crippen molar-refractivity contribution in [1.82, 2.24) is 4.90 Å². The van der Waals surface area contributed by atoms with Crippen LogP contribution in [0.4, 0.5) is 8.78 Å². The van der Waals surface area contributed by atoms with Crippen molar-refractivity contribution in [2.45, 2.75) is 32.1 Å². The molecule has 0 atom stereocenters. The molecule has 0 N–H and O–H groups in total. The van der Waals surface area contributed by atoms with Gasteiger partial charge in [-0.2, -0.15) is 0 Å². The van der Waals surface area contributed by atoms with Crippen molar-refractivity contribution < 1.29 is 8.78 Å². The predicted molar refractivity (Wildman–Crippen MR) is 77.5 cm³/mol. The van der Waals surface area contributed by atoms with Crippen LogP contribution in [0, 0.1) is 5.92 Å². The van der Waals surface area contributed by atoms with Gasteiger partial charge in [0.1, 0.15) is 0 Å². The van der Waals surface area contributed by atoms with Crippen LogP contribution in [-0.4, -0.2) is 31.0 Å². The van der Waals surface area contributed by atoms with Gasteiger partial charge in [0.2, 0.25) is 6.43 Å². The molecule has 0 spiro atoms. The molecule has 1 nitrogen and oxygen atoms in total. The van der Waals surface area contributed by atoms with E-state index in [9.17, 15) is 8.78 Å². The van der Waals surface area contributed by atoms with Crippen molar-refractivity contribution in [1.29, 1.82) is 0 Å². The quantitative estimate of drug-likeness (QED) is 0.779. The van der Waals surface area contributed by atoms with Crippen LogP contribution in [0.15, 0.2) is 28.7 Å². The molecule has 4 heteroatoms. The average molecular weight is 331 g/mol. The van der Waals surface area contributed by atoms with Gasteiger partial charge >= 0.3 is 0 Å². The second kappa shape index (κ2) is 5.88. The predicted octanol–water partition coefficient (Wildman–Crippen LogP) is 4.27. The van der Waals surface area contributed by atoms with Gasteiger partial charge in [-0.15, -0.1) is 0 Å². The van der Waals surface area contributed by atoms with Crippen LogP contribution in [0.2, 0.25) is 0 Å². The van der Waals surface area contributed by atoms with Crippen LogP contribution >= 0.6 is 15.9 Å². The fourth-order valence-corrected chi connectivity index (χ4v) is 3.31. The maximum absolute atomic E-state index is 12.9. The van der Waals surface area contributed by atoms with Crippen LogP contribution in [0.3, 0.4) is 0 Å². The summed E-state index contributed by atoms with van der Waals surface area (Å²) < 4.78 is 26.7. The largest absolute Gasteiger partial charge is 0.301 e. The van der Waals surface area contributed by atoms with Gasteiger partial charge in [-0.1, -0.05) is 41.9 Å². The van der Waals surface area contributed by atoms with E-state index in [2.05, 4.69) is 34.7 Å². The van der Waals surface area contributed by atoms with E-state index in [-0.39, 0.29) is 11.8 Å². The molecule has 1 saturated heterocycles. The molecule has 1 fully saturated rings. The maximum Gasteiger partial charge on any atom is 0.239 e. The third-order valence-electron chi connectivity index (χ3n) is 3.57. The molecule has 1 aromatic rings. The summed E-state index contributed by atoms with van der Waals surface area (Å²) in [4.78, 5) is 2.23. The van der Waals surface area contributed by atoms with E-state index in [4.69, 9.17) is 0 Å². The first-order chi connectivity index (χ1) is 8.91. The summed E-state index contributed by atoms with van der Waals surface area (Å²) in [5.41, 5.74) is 0.639. The molecular weight excluding hydrogens is 312 g/mol. The summed E-state index contributed by atoms with van der Waals surface area (Å²) >= 11 is 3.42. The Morgan fingerprint density at radius 1 is 1.37 bits per heavy atom. The summed E-state index contributed by atoms with van der Waals surface area (Å²) in [6.45, 7) is 6.50. The molecular formula is C15H19BrF2N. The van der Waals surface area contributed by atoms with Crippen LogP contribution in [0.25, 0.3) is 0 Å². The maximum atomic E-state index is 12.9. The minimum absolute atomic E-state index is 0.0529. The third-order valence-corrected chi connectivity index (χ3v) is 4.07. The van der Waals surface area contributed by atoms with Gasteiger partial charge in [0.05, 0.1) is 0 Å². The highest BCUT2D eigenvalue weighted by molar-refractivity contribution is 9.10. The smallest absolute Gasteiger partial charge is 0.239 e. The van der Waals surface area contributed by atoms with Crippen LogP contribution < -0.4 is 0 Å². The van der Waals surface area contributed by atoms with Crippen molar-refractivity contribution in [3.63, 3.8) is 0 Å². The summed E-state index contributed by atoms with van der Waals surface area (Å²) in [5.74, 6) is 1.32. The zero-order valence-corrected chi connectivity index (χ0v) is 12.9. The second-order valence-corrected chi connectivity index (χ2v) is 6.65. The number of hydrogen-bond acceptors (Lipinski definition) is 1. The number of nitrogens with zero attached hydrogens (tertiary/aromatic N) is 1. The fraction of sp³-hybridized carbons (Fsp3) is 0.533. The van der Waals surface area contributed by atoms with E-state index in [1.807, 2.05) is 24.3 Å². The number of alkyl halides is 2. The van der Waals surface area contributed by atoms with Gasteiger partial charge in [0.15, 0.2) is 0 Å². The van der Waals surface area contributed by atoms with Crippen molar-refractivity contribution in [2.75, 3.05) is 19.6 Å². The van der Waals surface area contributed by atoms with Crippen LogP contribution in [0.1, 0.15) is 25.8 Å². The van der Waals surface area contributed by atoms with Crippen molar-refractivity contribution >= 4 is 15.9 Å². The molecule has 1 aliphatic heterocycles. The molecule has 0 amide bonds. The number of benzene rings is 1. The fourth-order valence-electron chi connectivity index (χ4n) is 2.91. The minimum Gasteiger partial charge on any atom is -0.301 e. The Hall–Kier alpha value is -0.480. The van der Waals surface area contributed by atoms with E-state index >= 15 is 0 Å². The minimum atomic E-state index is -2.26. The van der Waals surface area contributed by atoms with E-state index < -0.39 is 6.43 Å². The summed E-state index contributed by atoms with van der Waals surface area (Å²) in [6.07, 6.45) is -2.31. The number of halogens is 3. The Kier molecular flexibility index (Phi) is 4.62. The standard InChI is InChI=1S/C15H19BrF2N/c1-11(2)8-19-9-15(10-19,7-14(17)18)12-4-3-5-13(16)6-12/h3-6,14H,7-10H2,1-2H3. The first-order valence-corrected chi connectivity index (χ1v) is 7.26. The van der Waals surface area contributed by atoms with Crippen molar-refractivity contribution in [2.24, 2.45) is 0 Å². The molecule has 1 aliphatic rings. The van der Waals surface area contributed by atoms with Crippen LogP contribution in [-0.2, 0) is 5.41 Å². The Bertz CT molecular complexity index is 428. The Morgan fingerprint density at radius 3 is 2.58 bits per heavy atom. The molecule has 1 heterocycles. The van der Waals surface area contributed by atoms with Gasteiger partial charge in [-0.25, -0.2) is 8.78 Å². The molecule has 2 rings (SSSR count). The SMILES string of the molecule is C[C](C)CN1CC(CC(F)F)(c2cccc(Br)c2)C1. The Labute approximate surface area is 122 Å². The highest BCUT2D eigenvalue weighted by atomic mass is 79.9.